The van der Waals surface area contributed by atoms with E-state index in [1.165, 1.54) is 13.2 Å². The molecule has 0 radical (unpaired) electrons. The average Bonchev–Trinajstić information content (AvgIpc) is 2.20. The molecular weight excluding hydrogens is 182 g/mol. The Balaban J connectivity index is 2.98. The largest absolute Gasteiger partial charge is 0.506 e. The van der Waals surface area contributed by atoms with Gasteiger partial charge in [-0.15, -0.1) is 0 Å². The molecule has 0 saturated heterocycles. The van der Waals surface area contributed by atoms with Crippen LogP contribution >= 0.6 is 0 Å². The van der Waals surface area contributed by atoms with Gasteiger partial charge in [-0.25, -0.2) is 0 Å². The van der Waals surface area contributed by atoms with E-state index < -0.39 is 0 Å². The van der Waals surface area contributed by atoms with E-state index in [4.69, 9.17) is 15.6 Å². The van der Waals surface area contributed by atoms with Gasteiger partial charge in [0, 0.05) is 6.61 Å². The van der Waals surface area contributed by atoms with Crippen LogP contribution in [0.3, 0.4) is 0 Å². The van der Waals surface area contributed by atoms with Crippen LogP contribution in [0.25, 0.3) is 0 Å². The highest BCUT2D eigenvalue weighted by atomic mass is 16.5. The first-order valence-corrected chi connectivity index (χ1v) is 4.46. The molecule has 1 aromatic carbocycles. The van der Waals surface area contributed by atoms with Gasteiger partial charge in [-0.1, -0.05) is 6.07 Å². The van der Waals surface area contributed by atoms with Crippen LogP contribution in [0.5, 0.6) is 11.5 Å². The maximum atomic E-state index is 9.33. The van der Waals surface area contributed by atoms with E-state index in [1.54, 1.807) is 6.07 Å². The number of aryl methyl sites for hydroxylation is 1. The van der Waals surface area contributed by atoms with Crippen molar-refractivity contribution >= 4 is 5.69 Å². The fraction of sp³-hybridized carbons (Fsp3) is 0.400. The monoisotopic (exact) mass is 197 g/mol. The second kappa shape index (κ2) is 4.72. The number of hydrogen-bond donors (Lipinski definition) is 3. The molecule has 0 spiro atoms. The molecule has 1 rings (SSSR count). The molecule has 0 atom stereocenters. The van der Waals surface area contributed by atoms with Crippen LogP contribution < -0.4 is 10.5 Å². The summed E-state index contributed by atoms with van der Waals surface area (Å²) in [5, 5.41) is 18.0. The van der Waals surface area contributed by atoms with E-state index >= 15 is 0 Å². The van der Waals surface area contributed by atoms with Crippen LogP contribution in [-0.4, -0.2) is 23.9 Å². The molecule has 4 nitrogen and oxygen atoms in total. The maximum Gasteiger partial charge on any atom is 0.148 e. The number of phenols is 1. The summed E-state index contributed by atoms with van der Waals surface area (Å²) in [4.78, 5) is 0. The predicted octanol–water partition coefficient (Wildman–Crippen LogP) is 0.908. The number of rotatable bonds is 4. The second-order valence-electron chi connectivity index (χ2n) is 3.02. The van der Waals surface area contributed by atoms with Gasteiger partial charge in [0.25, 0.3) is 0 Å². The van der Waals surface area contributed by atoms with Gasteiger partial charge >= 0.3 is 0 Å². The van der Waals surface area contributed by atoms with Gasteiger partial charge in [0.05, 0.1) is 7.11 Å². The number of hydrogen-bond acceptors (Lipinski definition) is 4. The predicted molar refractivity (Wildman–Crippen MR) is 54.5 cm³/mol. The Morgan fingerprint density at radius 2 is 2.14 bits per heavy atom. The summed E-state index contributed by atoms with van der Waals surface area (Å²) in [5.41, 5.74) is 6.78. The molecule has 0 aliphatic heterocycles. The van der Waals surface area contributed by atoms with Gasteiger partial charge in [-0.2, -0.15) is 0 Å². The van der Waals surface area contributed by atoms with Crippen molar-refractivity contribution in [3.63, 3.8) is 0 Å². The number of aromatic hydroxyl groups is 1. The summed E-state index contributed by atoms with van der Waals surface area (Å²) in [5.74, 6) is 0.521. The Morgan fingerprint density at radius 3 is 2.71 bits per heavy atom. The number of ether oxygens (including phenoxy) is 1. The zero-order valence-corrected chi connectivity index (χ0v) is 8.16. The summed E-state index contributed by atoms with van der Waals surface area (Å²) in [6.07, 6.45) is 1.34. The highest BCUT2D eigenvalue weighted by molar-refractivity contribution is 5.65. The van der Waals surface area contributed by atoms with E-state index in [9.17, 15) is 5.11 Å². The number of aliphatic hydroxyl groups is 1. The molecule has 0 heterocycles. The minimum Gasteiger partial charge on any atom is -0.506 e. The van der Waals surface area contributed by atoms with Gasteiger partial charge in [-0.3, -0.25) is 0 Å². The maximum absolute atomic E-state index is 9.33. The average molecular weight is 197 g/mol. The summed E-state index contributed by atoms with van der Waals surface area (Å²) in [7, 11) is 1.51. The lowest BCUT2D eigenvalue weighted by atomic mass is 10.1. The van der Waals surface area contributed by atoms with Crippen molar-refractivity contribution in [1.82, 2.24) is 0 Å². The fourth-order valence-electron chi connectivity index (χ4n) is 1.34. The van der Waals surface area contributed by atoms with Crippen molar-refractivity contribution < 1.29 is 14.9 Å². The first-order chi connectivity index (χ1) is 6.70. The van der Waals surface area contributed by atoms with Crippen LogP contribution in [-0.2, 0) is 6.42 Å². The van der Waals surface area contributed by atoms with Crippen molar-refractivity contribution in [2.24, 2.45) is 0 Å². The Hall–Kier alpha value is -1.42. The SMILES string of the molecule is COc1c(CCCO)ccc(O)c1N. The highest BCUT2D eigenvalue weighted by Crippen LogP contribution is 2.34. The number of benzene rings is 1. The summed E-state index contributed by atoms with van der Waals surface area (Å²) < 4.78 is 5.09. The molecular formula is C10H15NO3. The topological polar surface area (TPSA) is 75.7 Å². The minimum absolute atomic E-state index is 0.0228. The van der Waals surface area contributed by atoms with Crippen molar-refractivity contribution in [3.05, 3.63) is 17.7 Å². The van der Waals surface area contributed by atoms with Crippen LogP contribution in [0.4, 0.5) is 5.69 Å². The molecule has 78 valence electrons. The highest BCUT2D eigenvalue weighted by Gasteiger charge is 2.10. The number of aliphatic hydroxyl groups excluding tert-OH is 1. The van der Waals surface area contributed by atoms with Crippen molar-refractivity contribution in [2.45, 2.75) is 12.8 Å². The van der Waals surface area contributed by atoms with Gasteiger partial charge < -0.3 is 20.7 Å². The Morgan fingerprint density at radius 1 is 1.43 bits per heavy atom. The molecule has 4 heteroatoms. The number of anilines is 1. The van der Waals surface area contributed by atoms with Crippen LogP contribution in [0.15, 0.2) is 12.1 Å². The lowest BCUT2D eigenvalue weighted by Gasteiger charge is -2.11. The zero-order valence-electron chi connectivity index (χ0n) is 8.16. The Labute approximate surface area is 82.9 Å². The van der Waals surface area contributed by atoms with Crippen LogP contribution in [0.2, 0.25) is 0 Å². The minimum atomic E-state index is 0.0228. The van der Waals surface area contributed by atoms with Gasteiger partial charge in [0.1, 0.15) is 17.2 Å². The molecule has 0 fully saturated rings. The van der Waals surface area contributed by atoms with Crippen molar-refractivity contribution in [1.29, 1.82) is 0 Å². The van der Waals surface area contributed by atoms with Gasteiger partial charge in [-0.05, 0) is 24.5 Å². The third-order valence-corrected chi connectivity index (χ3v) is 2.06. The lowest BCUT2D eigenvalue weighted by Crippen LogP contribution is -1.99. The molecule has 0 saturated carbocycles. The normalized spacial score (nSPS) is 10.1. The molecule has 0 aliphatic rings. The molecule has 0 aromatic heterocycles. The van der Waals surface area contributed by atoms with E-state index in [-0.39, 0.29) is 18.0 Å². The molecule has 0 aliphatic carbocycles. The van der Waals surface area contributed by atoms with Gasteiger partial charge in [0.15, 0.2) is 0 Å². The van der Waals surface area contributed by atoms with Crippen LogP contribution in [0, 0.1) is 0 Å². The van der Waals surface area contributed by atoms with Crippen LogP contribution in [0.1, 0.15) is 12.0 Å². The smallest absolute Gasteiger partial charge is 0.148 e. The molecule has 0 amide bonds. The quantitative estimate of drug-likeness (QED) is 0.495. The van der Waals surface area contributed by atoms with E-state index in [0.29, 0.717) is 18.6 Å². The third kappa shape index (κ3) is 2.09. The second-order valence-corrected chi connectivity index (χ2v) is 3.02. The number of methoxy groups -OCH3 is 1. The summed E-state index contributed by atoms with van der Waals surface area (Å²) in [6.45, 7) is 0.129. The molecule has 4 N–H and O–H groups in total. The number of nitrogen functional groups attached to an aromatic ring is 1. The first kappa shape index (κ1) is 10.7. The standard InChI is InChI=1S/C10H15NO3/c1-14-10-7(3-2-6-12)4-5-8(13)9(10)11/h4-5,12-13H,2-3,6,11H2,1H3. The molecule has 14 heavy (non-hydrogen) atoms. The summed E-state index contributed by atoms with van der Waals surface area (Å²) in [6, 6.07) is 3.28. The van der Waals surface area contributed by atoms with Crippen molar-refractivity contribution in [2.75, 3.05) is 19.5 Å². The Kier molecular flexibility index (Phi) is 3.59. The van der Waals surface area contributed by atoms with E-state index in [0.717, 1.165) is 5.56 Å². The van der Waals surface area contributed by atoms with E-state index in [1.807, 2.05) is 0 Å². The summed E-state index contributed by atoms with van der Waals surface area (Å²) >= 11 is 0. The van der Waals surface area contributed by atoms with Gasteiger partial charge in [0.2, 0.25) is 0 Å². The lowest BCUT2D eigenvalue weighted by molar-refractivity contribution is 0.287. The molecule has 0 unspecified atom stereocenters. The zero-order chi connectivity index (χ0) is 10.6. The third-order valence-electron chi connectivity index (χ3n) is 2.06. The molecule has 0 bridgehead atoms. The number of nitrogens with two attached hydrogens (primary N) is 1. The molecule has 1 aromatic rings. The van der Waals surface area contributed by atoms with Crippen molar-refractivity contribution in [3.8, 4) is 11.5 Å². The Bertz CT molecular complexity index is 312. The van der Waals surface area contributed by atoms with E-state index in [2.05, 4.69) is 0 Å². The first-order valence-electron chi connectivity index (χ1n) is 4.46. The fourth-order valence-corrected chi connectivity index (χ4v) is 1.34. The number of phenolic OH excluding ortho intramolecular Hbond substituents is 1.